The number of halogens is 1. The number of rotatable bonds is 6. The first-order valence-electron chi connectivity index (χ1n) is 11.5. The van der Waals surface area contributed by atoms with Crippen LogP contribution in [0.5, 0.6) is 0 Å². The summed E-state index contributed by atoms with van der Waals surface area (Å²) in [5, 5.41) is 3.63. The summed E-state index contributed by atoms with van der Waals surface area (Å²) in [7, 11) is -3.93. The standard InChI is InChI=1S/C27H23ClN4O3S2/c1-17-8-10-21(12-18(17)2)30-25(33)16-36-27-29-14-24-26(31-27)22-13-20(28)9-11-23(22)32(37(24,34)35)15-19-6-4-3-5-7-19/h3-14H,15-16H2,1-2H3,(H,30,33). The van der Waals surface area contributed by atoms with Crippen LogP contribution in [0.3, 0.4) is 0 Å². The Labute approximate surface area is 225 Å². The molecule has 0 fully saturated rings. The van der Waals surface area contributed by atoms with Gasteiger partial charge in [0.05, 0.1) is 29.9 Å². The maximum atomic E-state index is 13.6. The summed E-state index contributed by atoms with van der Waals surface area (Å²) in [6.45, 7) is 4.16. The number of amides is 1. The SMILES string of the molecule is Cc1ccc(NC(=O)CSc2ncc3c(n2)-c2cc(Cl)ccc2N(Cc2ccccc2)S3(=O)=O)cc1C. The average Bonchev–Trinajstić information content (AvgIpc) is 2.88. The Balaban J connectivity index is 1.42. The van der Waals surface area contributed by atoms with Gasteiger partial charge in [-0.05, 0) is 60.9 Å². The predicted octanol–water partition coefficient (Wildman–Crippen LogP) is 5.85. The predicted molar refractivity (Wildman–Crippen MR) is 148 cm³/mol. The van der Waals surface area contributed by atoms with E-state index in [-0.39, 0.29) is 28.8 Å². The molecule has 5 rings (SSSR count). The van der Waals surface area contributed by atoms with E-state index in [1.165, 1.54) is 10.5 Å². The van der Waals surface area contributed by atoms with Gasteiger partial charge in [0.15, 0.2) is 5.16 Å². The molecule has 1 aromatic heterocycles. The molecule has 0 bridgehead atoms. The van der Waals surface area contributed by atoms with E-state index in [1.807, 2.05) is 62.4 Å². The van der Waals surface area contributed by atoms with Gasteiger partial charge in [-0.2, -0.15) is 0 Å². The molecule has 10 heteroatoms. The number of aryl methyl sites for hydroxylation is 2. The zero-order valence-corrected chi connectivity index (χ0v) is 22.5. The minimum Gasteiger partial charge on any atom is -0.325 e. The molecule has 1 amide bonds. The molecule has 0 spiro atoms. The average molecular weight is 551 g/mol. The van der Waals surface area contributed by atoms with Crippen molar-refractivity contribution in [2.75, 3.05) is 15.4 Å². The first-order chi connectivity index (χ1) is 17.7. The first kappa shape index (κ1) is 25.3. The van der Waals surface area contributed by atoms with Crippen LogP contribution in [0.1, 0.15) is 16.7 Å². The largest absolute Gasteiger partial charge is 0.325 e. The number of fused-ring (bicyclic) bond motifs is 3. The molecule has 3 aromatic carbocycles. The lowest BCUT2D eigenvalue weighted by molar-refractivity contribution is -0.113. The summed E-state index contributed by atoms with van der Waals surface area (Å²) in [6.07, 6.45) is 1.31. The maximum absolute atomic E-state index is 13.6. The van der Waals surface area contributed by atoms with Gasteiger partial charge in [0, 0.05) is 16.3 Å². The number of thioether (sulfide) groups is 1. The van der Waals surface area contributed by atoms with Crippen LogP contribution in [0.25, 0.3) is 11.3 Å². The number of aromatic nitrogens is 2. The Kier molecular flexibility index (Phi) is 6.94. The third-order valence-electron chi connectivity index (χ3n) is 6.08. The third kappa shape index (κ3) is 5.20. The van der Waals surface area contributed by atoms with Gasteiger partial charge in [0.25, 0.3) is 10.0 Å². The highest BCUT2D eigenvalue weighted by atomic mass is 35.5. The number of carbonyl (C=O) groups excluding carboxylic acids is 1. The van der Waals surface area contributed by atoms with Crippen molar-refractivity contribution in [3.05, 3.63) is 94.6 Å². The van der Waals surface area contributed by atoms with Gasteiger partial charge in [-0.3, -0.25) is 9.10 Å². The van der Waals surface area contributed by atoms with Gasteiger partial charge in [-0.15, -0.1) is 0 Å². The number of nitrogens with zero attached hydrogens (tertiary/aromatic N) is 3. The van der Waals surface area contributed by atoms with Crippen LogP contribution >= 0.6 is 23.4 Å². The first-order valence-corrected chi connectivity index (χ1v) is 14.3. The monoisotopic (exact) mass is 550 g/mol. The highest BCUT2D eigenvalue weighted by Gasteiger charge is 2.37. The van der Waals surface area contributed by atoms with E-state index < -0.39 is 10.0 Å². The Morgan fingerprint density at radius 3 is 2.57 bits per heavy atom. The van der Waals surface area contributed by atoms with Crippen molar-refractivity contribution in [3.63, 3.8) is 0 Å². The smallest absolute Gasteiger partial charge is 0.268 e. The van der Waals surface area contributed by atoms with Crippen molar-refractivity contribution in [3.8, 4) is 11.3 Å². The quantitative estimate of drug-likeness (QED) is 0.239. The summed E-state index contributed by atoms with van der Waals surface area (Å²) in [5.41, 5.74) is 5.15. The van der Waals surface area contributed by atoms with E-state index in [0.717, 1.165) is 28.5 Å². The molecule has 1 N–H and O–H groups in total. The molecule has 4 aromatic rings. The number of benzene rings is 3. The van der Waals surface area contributed by atoms with E-state index in [1.54, 1.807) is 18.2 Å². The second-order valence-corrected chi connectivity index (χ2v) is 11.9. The molecule has 0 saturated carbocycles. The van der Waals surface area contributed by atoms with Crippen LogP contribution < -0.4 is 9.62 Å². The molecule has 7 nitrogen and oxygen atoms in total. The second-order valence-electron chi connectivity index (χ2n) is 8.66. The summed E-state index contributed by atoms with van der Waals surface area (Å²) in [5.74, 6) is -0.138. The molecule has 0 radical (unpaired) electrons. The number of hydrogen-bond acceptors (Lipinski definition) is 6. The van der Waals surface area contributed by atoms with E-state index in [0.29, 0.717) is 27.1 Å². The Hall–Kier alpha value is -3.40. The lowest BCUT2D eigenvalue weighted by Crippen LogP contribution is -2.34. The number of sulfonamides is 1. The Morgan fingerprint density at radius 2 is 1.81 bits per heavy atom. The van der Waals surface area contributed by atoms with Crippen molar-refractivity contribution in [1.29, 1.82) is 0 Å². The molecule has 37 heavy (non-hydrogen) atoms. The summed E-state index contributed by atoms with van der Waals surface area (Å²) in [4.78, 5) is 21.3. The zero-order valence-electron chi connectivity index (χ0n) is 20.1. The molecule has 0 saturated heterocycles. The Bertz CT molecular complexity index is 1610. The fraction of sp³-hybridized carbons (Fsp3) is 0.148. The lowest BCUT2D eigenvalue weighted by atomic mass is 10.1. The maximum Gasteiger partial charge on any atom is 0.268 e. The second kappa shape index (κ2) is 10.2. The van der Waals surface area contributed by atoms with Crippen LogP contribution in [-0.2, 0) is 21.4 Å². The van der Waals surface area contributed by atoms with Gasteiger partial charge >= 0.3 is 0 Å². The molecule has 0 aliphatic carbocycles. The topological polar surface area (TPSA) is 92.3 Å². The molecule has 1 aliphatic rings. The van der Waals surface area contributed by atoms with Crippen LogP contribution in [0.2, 0.25) is 5.02 Å². The van der Waals surface area contributed by atoms with Crippen LogP contribution in [0.4, 0.5) is 11.4 Å². The van der Waals surface area contributed by atoms with Crippen LogP contribution in [0, 0.1) is 13.8 Å². The molecular formula is C27H23ClN4O3S2. The van der Waals surface area contributed by atoms with Crippen molar-refractivity contribution < 1.29 is 13.2 Å². The number of anilines is 2. The zero-order chi connectivity index (χ0) is 26.2. The van der Waals surface area contributed by atoms with Gasteiger partial charge in [0.1, 0.15) is 4.90 Å². The fourth-order valence-corrected chi connectivity index (χ4v) is 6.38. The normalized spacial score (nSPS) is 13.5. The Morgan fingerprint density at radius 1 is 1.03 bits per heavy atom. The van der Waals surface area contributed by atoms with E-state index in [4.69, 9.17) is 11.6 Å². The summed E-state index contributed by atoms with van der Waals surface area (Å²) in [6, 6.07) is 20.1. The molecule has 2 heterocycles. The van der Waals surface area contributed by atoms with Gasteiger partial charge in [0.2, 0.25) is 5.91 Å². The van der Waals surface area contributed by atoms with Gasteiger partial charge < -0.3 is 5.32 Å². The molecule has 188 valence electrons. The number of hydrogen-bond donors (Lipinski definition) is 1. The van der Waals surface area contributed by atoms with E-state index >= 15 is 0 Å². The minimum atomic E-state index is -3.93. The molecule has 1 aliphatic heterocycles. The minimum absolute atomic E-state index is 0.00197. The highest BCUT2D eigenvalue weighted by Crippen LogP contribution is 2.44. The van der Waals surface area contributed by atoms with Gasteiger partial charge in [-0.1, -0.05) is 59.8 Å². The van der Waals surface area contributed by atoms with E-state index in [2.05, 4.69) is 15.3 Å². The van der Waals surface area contributed by atoms with Crippen LogP contribution in [-0.4, -0.2) is 30.0 Å². The highest BCUT2D eigenvalue weighted by molar-refractivity contribution is 7.99. The van der Waals surface area contributed by atoms with Crippen molar-refractivity contribution in [2.24, 2.45) is 0 Å². The van der Waals surface area contributed by atoms with Crippen molar-refractivity contribution >= 4 is 50.7 Å². The van der Waals surface area contributed by atoms with Crippen molar-refractivity contribution in [1.82, 2.24) is 9.97 Å². The van der Waals surface area contributed by atoms with E-state index in [9.17, 15) is 13.2 Å². The van der Waals surface area contributed by atoms with Crippen molar-refractivity contribution in [2.45, 2.75) is 30.4 Å². The molecule has 0 atom stereocenters. The van der Waals surface area contributed by atoms with Gasteiger partial charge in [-0.25, -0.2) is 18.4 Å². The van der Waals surface area contributed by atoms with Crippen LogP contribution in [0.15, 0.2) is 83.0 Å². The molecule has 0 unspecified atom stereocenters. The number of nitrogens with one attached hydrogen (secondary N) is 1. The summed E-state index contributed by atoms with van der Waals surface area (Å²) >= 11 is 7.43. The fourth-order valence-electron chi connectivity index (χ4n) is 4.04. The summed E-state index contributed by atoms with van der Waals surface area (Å²) < 4.78 is 28.6. The third-order valence-corrected chi connectivity index (χ3v) is 8.93. The lowest BCUT2D eigenvalue weighted by Gasteiger charge is -2.31. The number of carbonyl (C=O) groups is 1. The molecular weight excluding hydrogens is 528 g/mol.